The van der Waals surface area contributed by atoms with Crippen molar-refractivity contribution in [3.63, 3.8) is 0 Å². The highest BCUT2D eigenvalue weighted by Gasteiger charge is 2.56. The molecular formula is C18H24N2O4. The number of carbonyl (C=O) groups excluding carboxylic acids is 2. The predicted octanol–water partition coefficient (Wildman–Crippen LogP) is 1.76. The van der Waals surface area contributed by atoms with Gasteiger partial charge in [0, 0.05) is 0 Å². The van der Waals surface area contributed by atoms with E-state index in [0.29, 0.717) is 5.75 Å². The van der Waals surface area contributed by atoms with Gasteiger partial charge >= 0.3 is 6.03 Å². The van der Waals surface area contributed by atoms with E-state index in [1.54, 1.807) is 6.92 Å². The summed E-state index contributed by atoms with van der Waals surface area (Å²) in [6, 6.07) is 5.38. The van der Waals surface area contributed by atoms with Gasteiger partial charge in [0.05, 0.1) is 6.54 Å². The highest BCUT2D eigenvalue weighted by Crippen LogP contribution is 2.42. The number of aliphatic hydroxyl groups is 1. The third-order valence-electron chi connectivity index (χ3n) is 4.73. The van der Waals surface area contributed by atoms with Crippen molar-refractivity contribution in [1.82, 2.24) is 10.2 Å². The number of aliphatic hydroxyl groups excluding tert-OH is 1. The van der Waals surface area contributed by atoms with Crippen molar-refractivity contribution in [3.05, 3.63) is 29.3 Å². The average Bonchev–Trinajstić information content (AvgIpc) is 3.31. The molecule has 24 heavy (non-hydrogen) atoms. The van der Waals surface area contributed by atoms with E-state index in [1.807, 2.05) is 32.0 Å². The Kier molecular flexibility index (Phi) is 4.25. The van der Waals surface area contributed by atoms with Crippen LogP contribution in [0.4, 0.5) is 4.79 Å². The van der Waals surface area contributed by atoms with Gasteiger partial charge in [-0.3, -0.25) is 9.69 Å². The largest absolute Gasteiger partial charge is 0.491 e. The lowest BCUT2D eigenvalue weighted by atomic mass is 9.96. The second-order valence-corrected chi connectivity index (χ2v) is 7.11. The number of nitrogens with zero attached hydrogens (tertiary/aromatic N) is 1. The summed E-state index contributed by atoms with van der Waals surface area (Å²) >= 11 is 0. The number of amides is 3. The zero-order valence-corrected chi connectivity index (χ0v) is 14.3. The second kappa shape index (κ2) is 6.09. The standard InChI is InChI=1S/C18H24N2O4/c1-11-6-12(2)8-15(7-11)24-10-14(21)9-20-16(22)18(3,13-4-5-13)19-17(20)23/h6-8,13-14,21H,4-5,9-10H2,1-3H3,(H,19,23)/t14-,18-/m1/s1. The monoisotopic (exact) mass is 332 g/mol. The summed E-state index contributed by atoms with van der Waals surface area (Å²) in [6.45, 7) is 5.69. The minimum atomic E-state index is -0.929. The topological polar surface area (TPSA) is 78.9 Å². The Morgan fingerprint density at radius 3 is 2.50 bits per heavy atom. The lowest BCUT2D eigenvalue weighted by molar-refractivity contribution is -0.132. The summed E-state index contributed by atoms with van der Waals surface area (Å²) in [5, 5.41) is 12.9. The minimum Gasteiger partial charge on any atom is -0.491 e. The molecule has 2 aliphatic rings. The fraction of sp³-hybridized carbons (Fsp3) is 0.556. The van der Waals surface area contributed by atoms with Gasteiger partial charge < -0.3 is 15.2 Å². The number of ether oxygens (including phenoxy) is 1. The molecule has 6 nitrogen and oxygen atoms in total. The van der Waals surface area contributed by atoms with Crippen LogP contribution in [0, 0.1) is 19.8 Å². The maximum atomic E-state index is 12.5. The van der Waals surface area contributed by atoms with E-state index < -0.39 is 17.7 Å². The van der Waals surface area contributed by atoms with Gasteiger partial charge in [-0.05, 0) is 62.8 Å². The molecule has 0 aromatic heterocycles. The normalized spacial score (nSPS) is 24.9. The highest BCUT2D eigenvalue weighted by molar-refractivity contribution is 6.07. The SMILES string of the molecule is Cc1cc(C)cc(OC[C@H](O)CN2C(=O)N[C@](C)(C3CC3)C2=O)c1. The molecule has 3 rings (SSSR count). The highest BCUT2D eigenvalue weighted by atomic mass is 16.5. The van der Waals surface area contributed by atoms with Crippen LogP contribution in [0.15, 0.2) is 18.2 Å². The van der Waals surface area contributed by atoms with E-state index >= 15 is 0 Å². The molecular weight excluding hydrogens is 308 g/mol. The molecule has 0 radical (unpaired) electrons. The number of benzene rings is 1. The van der Waals surface area contributed by atoms with Gasteiger partial charge in [-0.25, -0.2) is 4.79 Å². The van der Waals surface area contributed by atoms with Crippen molar-refractivity contribution in [1.29, 1.82) is 0 Å². The van der Waals surface area contributed by atoms with Crippen LogP contribution >= 0.6 is 0 Å². The number of aryl methyl sites for hydroxylation is 2. The molecule has 0 spiro atoms. The second-order valence-electron chi connectivity index (χ2n) is 7.11. The maximum absolute atomic E-state index is 12.5. The molecule has 3 amide bonds. The van der Waals surface area contributed by atoms with Crippen LogP contribution in [0.5, 0.6) is 5.75 Å². The summed E-state index contributed by atoms with van der Waals surface area (Å²) in [7, 11) is 0. The lowest BCUT2D eigenvalue weighted by Crippen LogP contribution is -2.46. The molecule has 2 N–H and O–H groups in total. The van der Waals surface area contributed by atoms with Gasteiger partial charge in [-0.15, -0.1) is 0 Å². The lowest BCUT2D eigenvalue weighted by Gasteiger charge is -2.22. The number of imide groups is 1. The molecule has 1 saturated heterocycles. The van der Waals surface area contributed by atoms with E-state index in [0.717, 1.165) is 28.9 Å². The van der Waals surface area contributed by atoms with Gasteiger partial charge in [0.1, 0.15) is 24.0 Å². The molecule has 1 aliphatic carbocycles. The minimum absolute atomic E-state index is 0.0279. The number of hydrogen-bond donors (Lipinski definition) is 2. The predicted molar refractivity (Wildman–Crippen MR) is 88.8 cm³/mol. The molecule has 0 bridgehead atoms. The Bertz CT molecular complexity index is 651. The molecule has 0 unspecified atom stereocenters. The van der Waals surface area contributed by atoms with Crippen LogP contribution in [0.2, 0.25) is 0 Å². The van der Waals surface area contributed by atoms with Gasteiger partial charge in [-0.2, -0.15) is 0 Å². The van der Waals surface area contributed by atoms with Crippen LogP contribution in [0.1, 0.15) is 30.9 Å². The fourth-order valence-corrected chi connectivity index (χ4v) is 3.29. The Balaban J connectivity index is 1.57. The maximum Gasteiger partial charge on any atom is 0.325 e. The quantitative estimate of drug-likeness (QED) is 0.778. The summed E-state index contributed by atoms with van der Waals surface area (Å²) < 4.78 is 5.60. The van der Waals surface area contributed by atoms with Crippen LogP contribution in [-0.4, -0.2) is 46.7 Å². The van der Waals surface area contributed by atoms with Gasteiger partial charge in [-0.1, -0.05) is 6.07 Å². The summed E-state index contributed by atoms with van der Waals surface area (Å²) in [5.41, 5.74) is 1.34. The van der Waals surface area contributed by atoms with Crippen molar-refractivity contribution in [2.24, 2.45) is 5.92 Å². The summed E-state index contributed by atoms with van der Waals surface area (Å²) in [6.07, 6.45) is 0.978. The third kappa shape index (κ3) is 3.24. The number of nitrogens with one attached hydrogen (secondary N) is 1. The summed E-state index contributed by atoms with van der Waals surface area (Å²) in [5.74, 6) is 0.634. The first-order valence-electron chi connectivity index (χ1n) is 8.33. The first-order valence-corrected chi connectivity index (χ1v) is 8.33. The molecule has 1 heterocycles. The number of hydrogen-bond acceptors (Lipinski definition) is 4. The van der Waals surface area contributed by atoms with Crippen LogP contribution in [0.25, 0.3) is 0 Å². The Labute approximate surface area is 141 Å². The van der Waals surface area contributed by atoms with Gasteiger partial charge in [0.15, 0.2) is 0 Å². The number of carbonyl (C=O) groups is 2. The van der Waals surface area contributed by atoms with Crippen LogP contribution in [0.3, 0.4) is 0 Å². The molecule has 1 saturated carbocycles. The fourth-order valence-electron chi connectivity index (χ4n) is 3.29. The molecule has 1 aromatic rings. The van der Waals surface area contributed by atoms with E-state index in [4.69, 9.17) is 4.74 Å². The molecule has 1 aliphatic heterocycles. The molecule has 2 atom stereocenters. The van der Waals surface area contributed by atoms with Crippen molar-refractivity contribution >= 4 is 11.9 Å². The van der Waals surface area contributed by atoms with Crippen LogP contribution < -0.4 is 10.1 Å². The number of urea groups is 1. The van der Waals surface area contributed by atoms with Gasteiger partial charge in [0.25, 0.3) is 5.91 Å². The van der Waals surface area contributed by atoms with Gasteiger partial charge in [0.2, 0.25) is 0 Å². The zero-order chi connectivity index (χ0) is 17.5. The Morgan fingerprint density at radius 2 is 1.92 bits per heavy atom. The third-order valence-corrected chi connectivity index (χ3v) is 4.73. The van der Waals surface area contributed by atoms with Crippen molar-refractivity contribution < 1.29 is 19.4 Å². The van der Waals surface area contributed by atoms with Crippen LogP contribution in [-0.2, 0) is 4.79 Å². The average molecular weight is 332 g/mol. The van der Waals surface area contributed by atoms with E-state index in [1.165, 1.54) is 0 Å². The van der Waals surface area contributed by atoms with E-state index in [-0.39, 0.29) is 25.0 Å². The molecule has 1 aromatic carbocycles. The van der Waals surface area contributed by atoms with Crippen molar-refractivity contribution in [2.75, 3.05) is 13.2 Å². The number of β-amino-alcohol motifs (C(OH)–C–C–N with tert-alkyl or cyclic N) is 1. The van der Waals surface area contributed by atoms with E-state index in [9.17, 15) is 14.7 Å². The first kappa shape index (κ1) is 16.8. The Hall–Kier alpha value is -2.08. The van der Waals surface area contributed by atoms with Crippen molar-refractivity contribution in [2.45, 2.75) is 45.3 Å². The molecule has 2 fully saturated rings. The smallest absolute Gasteiger partial charge is 0.325 e. The first-order chi connectivity index (χ1) is 11.3. The molecule has 130 valence electrons. The molecule has 6 heteroatoms. The number of rotatable bonds is 6. The van der Waals surface area contributed by atoms with Crippen molar-refractivity contribution in [3.8, 4) is 5.75 Å². The van der Waals surface area contributed by atoms with E-state index in [2.05, 4.69) is 5.32 Å². The Morgan fingerprint density at radius 1 is 1.29 bits per heavy atom. The zero-order valence-electron chi connectivity index (χ0n) is 14.3. The summed E-state index contributed by atoms with van der Waals surface area (Å²) in [4.78, 5) is 25.7.